The molecule has 0 atom stereocenters. The molecule has 5 rings (SSSR count). The molecule has 0 bridgehead atoms. The second-order valence-electron chi connectivity index (χ2n) is 7.77. The molecule has 0 aromatic heterocycles. The van der Waals surface area contributed by atoms with Gasteiger partial charge in [0.25, 0.3) is 0 Å². The quantitative estimate of drug-likeness (QED) is 0.222. The van der Waals surface area contributed by atoms with Gasteiger partial charge in [-0.3, -0.25) is 0 Å². The zero-order valence-corrected chi connectivity index (χ0v) is 21.0. The van der Waals surface area contributed by atoms with Crippen LogP contribution < -0.4 is 0 Å². The molecule has 0 nitrogen and oxygen atoms in total. The maximum atomic E-state index is 2.08. The minimum atomic E-state index is 1.32. The molecule has 0 N–H and O–H groups in total. The van der Waals surface area contributed by atoms with E-state index in [0.29, 0.717) is 0 Å². The van der Waals surface area contributed by atoms with E-state index < -0.39 is 0 Å². The van der Waals surface area contributed by atoms with Crippen LogP contribution in [-0.4, -0.2) is 0 Å². The monoisotopic (exact) mass is 446 g/mol. The second kappa shape index (κ2) is 19.8. The Hall–Kier alpha value is -3.90. The van der Waals surface area contributed by atoms with Crippen molar-refractivity contribution in [1.82, 2.24) is 0 Å². The highest BCUT2D eigenvalue weighted by molar-refractivity contribution is 5.13. The highest BCUT2D eigenvalue weighted by Gasteiger charge is 1.74. The molecule has 0 fully saturated rings. The van der Waals surface area contributed by atoms with E-state index in [1.807, 2.05) is 109 Å². The van der Waals surface area contributed by atoms with Crippen LogP contribution in [0, 0.1) is 27.7 Å². The first kappa shape index (κ1) is 28.1. The van der Waals surface area contributed by atoms with E-state index in [4.69, 9.17) is 0 Å². The lowest BCUT2D eigenvalue weighted by molar-refractivity contribution is 1.48. The molecule has 0 spiro atoms. The molecule has 0 aliphatic rings. The van der Waals surface area contributed by atoms with Crippen LogP contribution in [0.25, 0.3) is 0 Å². The van der Waals surface area contributed by atoms with Gasteiger partial charge in [0, 0.05) is 0 Å². The van der Waals surface area contributed by atoms with Crippen LogP contribution in [-0.2, 0) is 0 Å². The number of hydrogen-bond acceptors (Lipinski definition) is 0. The summed E-state index contributed by atoms with van der Waals surface area (Å²) in [6.45, 7) is 8.33. The molecule has 0 heteroatoms. The van der Waals surface area contributed by atoms with Crippen LogP contribution in [0.5, 0.6) is 0 Å². The number of hydrogen-bond donors (Lipinski definition) is 0. The van der Waals surface area contributed by atoms with Gasteiger partial charge in [0.1, 0.15) is 0 Å². The largest absolute Gasteiger partial charge is 0.0623 e. The first-order valence-corrected chi connectivity index (χ1v) is 11.6. The Labute approximate surface area is 207 Å². The Balaban J connectivity index is 0.000000213. The van der Waals surface area contributed by atoms with Crippen LogP contribution in [0.3, 0.4) is 0 Å². The molecule has 5 aromatic rings. The second-order valence-corrected chi connectivity index (χ2v) is 7.77. The predicted octanol–water partition coefficient (Wildman–Crippen LogP) is 9.67. The summed E-state index contributed by atoms with van der Waals surface area (Å²) in [5.74, 6) is 0. The zero-order valence-electron chi connectivity index (χ0n) is 21.0. The van der Waals surface area contributed by atoms with Gasteiger partial charge in [0.15, 0.2) is 0 Å². The Morgan fingerprint density at radius 2 is 0.324 bits per heavy atom. The SMILES string of the molecule is Cc1ccccc1.Cc1ccccc1.Cc1ccccc1.Cc1ccccc1.c1ccccc1. The molecule has 0 saturated heterocycles. The summed E-state index contributed by atoms with van der Waals surface area (Å²) < 4.78 is 0. The fourth-order valence-corrected chi connectivity index (χ4v) is 2.52. The Morgan fingerprint density at radius 1 is 0.206 bits per heavy atom. The van der Waals surface area contributed by atoms with Crippen LogP contribution in [0.1, 0.15) is 22.3 Å². The molecule has 174 valence electrons. The maximum Gasteiger partial charge on any atom is -0.0398 e. The summed E-state index contributed by atoms with van der Waals surface area (Å²) in [6, 6.07) is 53.0. The van der Waals surface area contributed by atoms with Crippen LogP contribution >= 0.6 is 0 Å². The van der Waals surface area contributed by atoms with Crippen LogP contribution in [0.15, 0.2) is 158 Å². The lowest BCUT2D eigenvalue weighted by Gasteiger charge is -1.82. The number of rotatable bonds is 0. The van der Waals surface area contributed by atoms with E-state index in [1.165, 1.54) is 22.3 Å². The lowest BCUT2D eigenvalue weighted by Crippen LogP contribution is -1.62. The van der Waals surface area contributed by atoms with Crippen molar-refractivity contribution in [3.63, 3.8) is 0 Å². The molecule has 0 unspecified atom stereocenters. The van der Waals surface area contributed by atoms with Crippen LogP contribution in [0.2, 0.25) is 0 Å². The van der Waals surface area contributed by atoms with Gasteiger partial charge in [0.2, 0.25) is 0 Å². The highest BCUT2D eigenvalue weighted by atomic mass is 13.8. The van der Waals surface area contributed by atoms with Gasteiger partial charge in [-0.2, -0.15) is 0 Å². The fraction of sp³-hybridized carbons (Fsp3) is 0.118. The zero-order chi connectivity index (χ0) is 24.7. The molecule has 0 aliphatic heterocycles. The van der Waals surface area contributed by atoms with Gasteiger partial charge >= 0.3 is 0 Å². The summed E-state index contributed by atoms with van der Waals surface area (Å²) >= 11 is 0. The summed E-state index contributed by atoms with van der Waals surface area (Å²) in [4.78, 5) is 0. The average molecular weight is 447 g/mol. The van der Waals surface area contributed by atoms with Gasteiger partial charge in [-0.15, -0.1) is 0 Å². The van der Waals surface area contributed by atoms with E-state index in [0.717, 1.165) is 0 Å². The Bertz CT molecular complexity index is 863. The van der Waals surface area contributed by atoms with E-state index in [9.17, 15) is 0 Å². The van der Waals surface area contributed by atoms with Crippen molar-refractivity contribution in [3.05, 3.63) is 180 Å². The van der Waals surface area contributed by atoms with Crippen molar-refractivity contribution in [2.45, 2.75) is 27.7 Å². The Morgan fingerprint density at radius 3 is 0.412 bits per heavy atom. The van der Waals surface area contributed by atoms with Crippen molar-refractivity contribution in [3.8, 4) is 0 Å². The highest BCUT2D eigenvalue weighted by Crippen LogP contribution is 1.94. The summed E-state index contributed by atoms with van der Waals surface area (Å²) in [5.41, 5.74) is 5.29. The van der Waals surface area contributed by atoms with Gasteiger partial charge in [-0.25, -0.2) is 0 Å². The summed E-state index contributed by atoms with van der Waals surface area (Å²) in [7, 11) is 0. The van der Waals surface area contributed by atoms with Gasteiger partial charge in [-0.05, 0) is 27.7 Å². The van der Waals surface area contributed by atoms with Crippen molar-refractivity contribution in [2.75, 3.05) is 0 Å². The lowest BCUT2D eigenvalue weighted by atomic mass is 10.2. The van der Waals surface area contributed by atoms with Crippen molar-refractivity contribution in [1.29, 1.82) is 0 Å². The first-order chi connectivity index (χ1) is 16.6. The molecule has 34 heavy (non-hydrogen) atoms. The average Bonchev–Trinajstić information content (AvgIpc) is 2.89. The third kappa shape index (κ3) is 17.7. The maximum absolute atomic E-state index is 2.08. The smallest absolute Gasteiger partial charge is 0.0398 e. The molecule has 0 heterocycles. The number of benzene rings is 5. The third-order valence-corrected chi connectivity index (χ3v) is 4.43. The van der Waals surface area contributed by atoms with Crippen LogP contribution in [0.4, 0.5) is 0 Å². The normalized spacial score (nSPS) is 8.59. The molecule has 0 amide bonds. The first-order valence-electron chi connectivity index (χ1n) is 11.6. The molecule has 0 aliphatic carbocycles. The van der Waals surface area contributed by atoms with E-state index in [2.05, 4.69) is 76.2 Å². The van der Waals surface area contributed by atoms with E-state index >= 15 is 0 Å². The minimum Gasteiger partial charge on any atom is -0.0623 e. The predicted molar refractivity (Wildman–Crippen MR) is 151 cm³/mol. The Kier molecular flexibility index (Phi) is 16.4. The minimum absolute atomic E-state index is 1.32. The van der Waals surface area contributed by atoms with Crippen molar-refractivity contribution in [2.24, 2.45) is 0 Å². The summed E-state index contributed by atoms with van der Waals surface area (Å²) in [6.07, 6.45) is 0. The van der Waals surface area contributed by atoms with E-state index in [-0.39, 0.29) is 0 Å². The number of aryl methyl sites for hydroxylation is 4. The fourth-order valence-electron chi connectivity index (χ4n) is 2.52. The molecular weight excluding hydrogens is 408 g/mol. The topological polar surface area (TPSA) is 0 Å². The molecule has 0 saturated carbocycles. The molecule has 5 aromatic carbocycles. The van der Waals surface area contributed by atoms with Crippen molar-refractivity contribution >= 4 is 0 Å². The summed E-state index contributed by atoms with van der Waals surface area (Å²) in [5, 5.41) is 0. The standard InChI is InChI=1S/4C7H8.C6H6/c4*1-7-5-3-2-4-6-7;1-2-4-6-5-3-1/h4*2-6H,1H3;1-6H. The van der Waals surface area contributed by atoms with Gasteiger partial charge < -0.3 is 0 Å². The molecular formula is C34H38. The van der Waals surface area contributed by atoms with E-state index in [1.54, 1.807) is 0 Å². The van der Waals surface area contributed by atoms with Gasteiger partial charge in [-0.1, -0.05) is 180 Å². The van der Waals surface area contributed by atoms with Crippen molar-refractivity contribution < 1.29 is 0 Å². The van der Waals surface area contributed by atoms with Gasteiger partial charge in [0.05, 0.1) is 0 Å². The molecule has 0 radical (unpaired) electrons. The third-order valence-electron chi connectivity index (χ3n) is 4.43.